The standard InChI is InChI=1S/C14H12Cl2FNS/c1-8(18)14-12(17)3-2-4-13(14)19-9-5-6-10(15)11(16)7-9/h2-8H,18H2,1H3. The van der Waals surface area contributed by atoms with Gasteiger partial charge in [-0.1, -0.05) is 41.0 Å². The van der Waals surface area contributed by atoms with Crippen molar-refractivity contribution >= 4 is 35.0 Å². The summed E-state index contributed by atoms with van der Waals surface area (Å²) in [5.41, 5.74) is 6.34. The highest BCUT2D eigenvalue weighted by molar-refractivity contribution is 7.99. The molecule has 0 aliphatic rings. The summed E-state index contributed by atoms with van der Waals surface area (Å²) in [6, 6.07) is 9.87. The third-order valence-corrected chi connectivity index (χ3v) is 4.39. The topological polar surface area (TPSA) is 26.0 Å². The van der Waals surface area contributed by atoms with Gasteiger partial charge in [-0.15, -0.1) is 0 Å². The molecule has 0 aromatic heterocycles. The molecule has 0 bridgehead atoms. The lowest BCUT2D eigenvalue weighted by atomic mass is 10.1. The molecule has 5 heteroatoms. The monoisotopic (exact) mass is 315 g/mol. The number of halogens is 3. The first kappa shape index (κ1) is 14.7. The lowest BCUT2D eigenvalue weighted by Crippen LogP contribution is -2.08. The Morgan fingerprint density at radius 1 is 1.16 bits per heavy atom. The molecule has 0 fully saturated rings. The zero-order valence-corrected chi connectivity index (χ0v) is 12.5. The lowest BCUT2D eigenvalue weighted by Gasteiger charge is -2.13. The molecule has 19 heavy (non-hydrogen) atoms. The van der Waals surface area contributed by atoms with Crippen LogP contribution < -0.4 is 5.73 Å². The summed E-state index contributed by atoms with van der Waals surface area (Å²) in [4.78, 5) is 1.68. The van der Waals surface area contributed by atoms with E-state index in [1.807, 2.05) is 12.1 Å². The van der Waals surface area contributed by atoms with Crippen LogP contribution in [0.4, 0.5) is 4.39 Å². The Morgan fingerprint density at radius 3 is 2.53 bits per heavy atom. The Kier molecular flexibility index (Phi) is 4.74. The minimum absolute atomic E-state index is 0.292. The van der Waals surface area contributed by atoms with Gasteiger partial charge in [-0.3, -0.25) is 0 Å². The van der Waals surface area contributed by atoms with Crippen LogP contribution in [-0.4, -0.2) is 0 Å². The zero-order chi connectivity index (χ0) is 14.0. The highest BCUT2D eigenvalue weighted by Crippen LogP contribution is 2.36. The van der Waals surface area contributed by atoms with Crippen LogP contribution >= 0.6 is 35.0 Å². The number of hydrogen-bond acceptors (Lipinski definition) is 2. The molecule has 2 rings (SSSR count). The predicted molar refractivity (Wildman–Crippen MR) is 79.6 cm³/mol. The maximum Gasteiger partial charge on any atom is 0.129 e. The van der Waals surface area contributed by atoms with E-state index in [9.17, 15) is 4.39 Å². The van der Waals surface area contributed by atoms with Crippen LogP contribution in [0.5, 0.6) is 0 Å². The van der Waals surface area contributed by atoms with Gasteiger partial charge >= 0.3 is 0 Å². The summed E-state index contributed by atoms with van der Waals surface area (Å²) >= 11 is 13.3. The van der Waals surface area contributed by atoms with Crippen molar-refractivity contribution < 1.29 is 4.39 Å². The molecular weight excluding hydrogens is 304 g/mol. The maximum atomic E-state index is 13.8. The highest BCUT2D eigenvalue weighted by Gasteiger charge is 2.13. The SMILES string of the molecule is CC(N)c1c(F)cccc1Sc1ccc(Cl)c(Cl)c1. The van der Waals surface area contributed by atoms with Gasteiger partial charge in [0.05, 0.1) is 10.0 Å². The Balaban J connectivity index is 2.38. The molecule has 1 nitrogen and oxygen atoms in total. The fourth-order valence-corrected chi connectivity index (χ4v) is 3.18. The minimum atomic E-state index is -0.369. The fourth-order valence-electron chi connectivity index (χ4n) is 1.72. The van der Waals surface area contributed by atoms with Crippen LogP contribution in [0.2, 0.25) is 10.0 Å². The zero-order valence-electron chi connectivity index (χ0n) is 10.2. The molecule has 1 unspecified atom stereocenters. The van der Waals surface area contributed by atoms with E-state index in [0.717, 1.165) is 9.79 Å². The molecule has 2 aromatic carbocycles. The van der Waals surface area contributed by atoms with E-state index in [-0.39, 0.29) is 11.9 Å². The highest BCUT2D eigenvalue weighted by atomic mass is 35.5. The molecule has 1 atom stereocenters. The molecule has 2 N–H and O–H groups in total. The van der Waals surface area contributed by atoms with Gasteiger partial charge in [-0.2, -0.15) is 0 Å². The molecular formula is C14H12Cl2FNS. The second-order valence-electron chi connectivity index (χ2n) is 4.12. The van der Waals surface area contributed by atoms with Gasteiger partial charge in [-0.25, -0.2) is 4.39 Å². The largest absolute Gasteiger partial charge is 0.324 e. The number of nitrogens with two attached hydrogens (primary N) is 1. The Hall–Kier alpha value is -0.740. The average Bonchev–Trinajstić information content (AvgIpc) is 2.33. The van der Waals surface area contributed by atoms with Crippen molar-refractivity contribution in [2.24, 2.45) is 5.73 Å². The molecule has 0 aliphatic heterocycles. The molecule has 0 saturated carbocycles. The number of benzene rings is 2. The first-order valence-electron chi connectivity index (χ1n) is 5.66. The quantitative estimate of drug-likeness (QED) is 0.831. The van der Waals surface area contributed by atoms with Gasteiger partial charge in [0.2, 0.25) is 0 Å². The Bertz CT molecular complexity index is 602. The first-order valence-corrected chi connectivity index (χ1v) is 7.23. The molecule has 2 aromatic rings. The third-order valence-electron chi connectivity index (χ3n) is 2.59. The van der Waals surface area contributed by atoms with E-state index in [2.05, 4.69) is 0 Å². The summed E-state index contributed by atoms with van der Waals surface area (Å²) in [6.45, 7) is 1.76. The van der Waals surface area contributed by atoms with Crippen molar-refractivity contribution in [2.45, 2.75) is 22.8 Å². The number of hydrogen-bond donors (Lipinski definition) is 1. The van der Waals surface area contributed by atoms with Gasteiger partial charge in [-0.05, 0) is 37.3 Å². The van der Waals surface area contributed by atoms with Crippen molar-refractivity contribution in [2.75, 3.05) is 0 Å². The minimum Gasteiger partial charge on any atom is -0.324 e. The van der Waals surface area contributed by atoms with E-state index in [4.69, 9.17) is 28.9 Å². The molecule has 0 amide bonds. The third kappa shape index (κ3) is 3.42. The van der Waals surface area contributed by atoms with E-state index in [1.165, 1.54) is 17.8 Å². The second-order valence-corrected chi connectivity index (χ2v) is 6.05. The molecule has 0 saturated heterocycles. The number of rotatable bonds is 3. The average molecular weight is 316 g/mol. The fraction of sp³-hybridized carbons (Fsp3) is 0.143. The van der Waals surface area contributed by atoms with Crippen molar-refractivity contribution in [1.29, 1.82) is 0 Å². The molecule has 0 heterocycles. The molecule has 0 aliphatic carbocycles. The predicted octanol–water partition coefficient (Wildman–Crippen LogP) is 5.30. The summed E-state index contributed by atoms with van der Waals surface area (Å²) in [5, 5.41) is 0.975. The normalized spacial score (nSPS) is 12.5. The van der Waals surface area contributed by atoms with Crippen LogP contribution in [0.15, 0.2) is 46.2 Å². The molecule has 0 radical (unpaired) electrons. The first-order chi connectivity index (χ1) is 8.99. The molecule has 0 spiro atoms. The van der Waals surface area contributed by atoms with Gasteiger partial charge < -0.3 is 5.73 Å². The van der Waals surface area contributed by atoms with Crippen molar-refractivity contribution in [1.82, 2.24) is 0 Å². The van der Waals surface area contributed by atoms with Crippen molar-refractivity contribution in [3.8, 4) is 0 Å². The molecule has 100 valence electrons. The van der Waals surface area contributed by atoms with Crippen molar-refractivity contribution in [3.05, 3.63) is 57.8 Å². The van der Waals surface area contributed by atoms with Crippen LogP contribution in [0.1, 0.15) is 18.5 Å². The van der Waals surface area contributed by atoms with Gasteiger partial charge in [0.25, 0.3) is 0 Å². The second kappa shape index (κ2) is 6.14. The van der Waals surface area contributed by atoms with Gasteiger partial charge in [0.15, 0.2) is 0 Å². The van der Waals surface area contributed by atoms with Crippen LogP contribution in [0.25, 0.3) is 0 Å². The summed E-state index contributed by atoms with van der Waals surface area (Å²) in [6.07, 6.45) is 0. The van der Waals surface area contributed by atoms with Gasteiger partial charge in [0.1, 0.15) is 5.82 Å². The van der Waals surface area contributed by atoms with Crippen LogP contribution in [-0.2, 0) is 0 Å². The summed E-state index contributed by atoms with van der Waals surface area (Å²) in [5.74, 6) is -0.292. The van der Waals surface area contributed by atoms with E-state index in [1.54, 1.807) is 25.1 Å². The van der Waals surface area contributed by atoms with Crippen LogP contribution in [0, 0.1) is 5.82 Å². The smallest absolute Gasteiger partial charge is 0.129 e. The van der Waals surface area contributed by atoms with E-state index < -0.39 is 0 Å². The van der Waals surface area contributed by atoms with E-state index >= 15 is 0 Å². The van der Waals surface area contributed by atoms with E-state index in [0.29, 0.717) is 15.6 Å². The van der Waals surface area contributed by atoms with Gasteiger partial charge in [0, 0.05) is 21.4 Å². The maximum absolute atomic E-state index is 13.8. The van der Waals surface area contributed by atoms with Crippen molar-refractivity contribution in [3.63, 3.8) is 0 Å². The summed E-state index contributed by atoms with van der Waals surface area (Å²) in [7, 11) is 0. The van der Waals surface area contributed by atoms with Crippen LogP contribution in [0.3, 0.4) is 0 Å². The summed E-state index contributed by atoms with van der Waals surface area (Å²) < 4.78 is 13.8. The lowest BCUT2D eigenvalue weighted by molar-refractivity contribution is 0.585. The Morgan fingerprint density at radius 2 is 1.89 bits per heavy atom. The Labute approximate surface area is 125 Å².